The molecule has 2 heterocycles. The fraction of sp³-hybridized carbons (Fsp3) is 0. The van der Waals surface area contributed by atoms with E-state index in [1.165, 1.54) is 60.7 Å². The van der Waals surface area contributed by atoms with E-state index in [0.717, 1.165) is 9.80 Å². The molecule has 0 spiro atoms. The number of ether oxygens (including phenoxy) is 1. The molecular weight excluding hydrogens is 532 g/mol. The van der Waals surface area contributed by atoms with E-state index in [-0.39, 0.29) is 44.8 Å². The largest absolute Gasteiger partial charge is 0.478 e. The third-order valence-corrected chi connectivity index (χ3v) is 6.69. The Morgan fingerprint density at radius 3 is 1.17 bits per heavy atom. The first-order valence-electron chi connectivity index (χ1n) is 12.0. The van der Waals surface area contributed by atoms with Gasteiger partial charge in [0, 0.05) is 0 Å². The van der Waals surface area contributed by atoms with Crippen LogP contribution in [-0.4, -0.2) is 45.8 Å². The normalized spacial score (nSPS) is 13.9. The van der Waals surface area contributed by atoms with Crippen LogP contribution < -0.4 is 14.5 Å². The quantitative estimate of drug-likeness (QED) is 0.331. The van der Waals surface area contributed by atoms with E-state index in [4.69, 9.17) is 4.74 Å². The van der Waals surface area contributed by atoms with Crippen LogP contribution in [-0.2, 0) is 0 Å². The molecular formula is C30H16N2O9. The van der Waals surface area contributed by atoms with Crippen molar-refractivity contribution in [2.24, 2.45) is 0 Å². The van der Waals surface area contributed by atoms with Crippen LogP contribution in [0.4, 0.5) is 11.4 Å². The fourth-order valence-electron chi connectivity index (χ4n) is 4.68. The van der Waals surface area contributed by atoms with Gasteiger partial charge in [0.15, 0.2) is 0 Å². The molecule has 200 valence electrons. The number of hydrogen-bond donors (Lipinski definition) is 2. The number of imide groups is 2. The van der Waals surface area contributed by atoms with Gasteiger partial charge in [-0.2, -0.15) is 0 Å². The highest BCUT2D eigenvalue weighted by Crippen LogP contribution is 2.33. The Bertz CT molecular complexity index is 1710. The molecule has 0 aromatic heterocycles. The molecule has 4 aromatic carbocycles. The van der Waals surface area contributed by atoms with Crippen molar-refractivity contribution in [1.29, 1.82) is 0 Å². The Morgan fingerprint density at radius 1 is 0.488 bits per heavy atom. The number of aromatic carboxylic acids is 2. The number of carboxylic acid groups (broad SMARTS) is 2. The first-order valence-corrected chi connectivity index (χ1v) is 12.0. The van der Waals surface area contributed by atoms with Gasteiger partial charge < -0.3 is 14.9 Å². The molecule has 0 radical (unpaired) electrons. The summed E-state index contributed by atoms with van der Waals surface area (Å²) in [6, 6.07) is 19.7. The molecule has 11 heteroatoms. The monoisotopic (exact) mass is 548 g/mol. The molecule has 2 aliphatic rings. The summed E-state index contributed by atoms with van der Waals surface area (Å²) >= 11 is 0. The second-order valence-electron chi connectivity index (χ2n) is 9.11. The minimum Gasteiger partial charge on any atom is -0.478 e. The summed E-state index contributed by atoms with van der Waals surface area (Å²) < 4.78 is 5.82. The molecule has 0 unspecified atom stereocenters. The predicted molar refractivity (Wildman–Crippen MR) is 142 cm³/mol. The smallest absolute Gasteiger partial charge is 0.335 e. The van der Waals surface area contributed by atoms with Crippen LogP contribution in [0.15, 0.2) is 84.9 Å². The lowest BCUT2D eigenvalue weighted by Crippen LogP contribution is -2.29. The Kier molecular flexibility index (Phi) is 5.70. The van der Waals surface area contributed by atoms with Gasteiger partial charge in [-0.1, -0.05) is 0 Å². The SMILES string of the molecule is O=C(O)c1ccc2c(c1)C(=O)N(c1ccc(Oc3ccc(N4C(=O)c5ccc(C(=O)O)cc5C4=O)cc3)cc1)C2=O. The van der Waals surface area contributed by atoms with Gasteiger partial charge in [-0.15, -0.1) is 0 Å². The van der Waals surface area contributed by atoms with Crippen LogP contribution in [0.3, 0.4) is 0 Å². The Balaban J connectivity index is 1.17. The zero-order valence-electron chi connectivity index (χ0n) is 20.7. The average molecular weight is 548 g/mol. The number of benzene rings is 4. The molecule has 41 heavy (non-hydrogen) atoms. The standard InChI is InChI=1S/C30H16N2O9/c33-25-21-11-1-15(29(37)38)13-23(21)27(35)31(25)17-3-7-19(8-4-17)41-20-9-5-18(6-10-20)32-26(34)22-12-2-16(30(39)40)14-24(22)28(32)36/h1-14H,(H,37,38)(H,39,40). The van der Waals surface area contributed by atoms with Gasteiger partial charge >= 0.3 is 11.9 Å². The molecule has 11 nitrogen and oxygen atoms in total. The topological polar surface area (TPSA) is 159 Å². The van der Waals surface area contributed by atoms with E-state index < -0.39 is 35.6 Å². The highest BCUT2D eigenvalue weighted by molar-refractivity contribution is 6.35. The highest BCUT2D eigenvalue weighted by Gasteiger charge is 2.38. The molecule has 4 amide bonds. The lowest BCUT2D eigenvalue weighted by Gasteiger charge is -2.16. The molecule has 2 aliphatic heterocycles. The maximum Gasteiger partial charge on any atom is 0.335 e. The maximum absolute atomic E-state index is 12.9. The van der Waals surface area contributed by atoms with Crippen molar-refractivity contribution in [3.8, 4) is 11.5 Å². The average Bonchev–Trinajstić information content (AvgIpc) is 3.37. The van der Waals surface area contributed by atoms with Crippen LogP contribution in [0.2, 0.25) is 0 Å². The van der Waals surface area contributed by atoms with Gasteiger partial charge in [-0.3, -0.25) is 19.2 Å². The van der Waals surface area contributed by atoms with Crippen molar-refractivity contribution in [1.82, 2.24) is 0 Å². The van der Waals surface area contributed by atoms with Gasteiger partial charge in [-0.25, -0.2) is 19.4 Å². The molecule has 2 N–H and O–H groups in total. The lowest BCUT2D eigenvalue weighted by molar-refractivity contribution is 0.0686. The minimum absolute atomic E-state index is 0.00991. The number of amides is 4. The first-order chi connectivity index (χ1) is 19.6. The third-order valence-electron chi connectivity index (χ3n) is 6.69. The number of anilines is 2. The van der Waals surface area contributed by atoms with Crippen molar-refractivity contribution < 1.29 is 43.7 Å². The van der Waals surface area contributed by atoms with E-state index in [2.05, 4.69) is 0 Å². The fourth-order valence-corrected chi connectivity index (χ4v) is 4.68. The molecule has 0 saturated heterocycles. The van der Waals surface area contributed by atoms with Crippen molar-refractivity contribution in [2.75, 3.05) is 9.80 Å². The van der Waals surface area contributed by atoms with Gasteiger partial charge in [0.2, 0.25) is 0 Å². The number of carboxylic acids is 2. The first kappa shape index (κ1) is 25.2. The summed E-state index contributed by atoms with van der Waals surface area (Å²) in [5.74, 6) is -4.09. The van der Waals surface area contributed by atoms with Gasteiger partial charge in [0.25, 0.3) is 23.6 Å². The number of carbonyl (C=O) groups is 6. The third kappa shape index (κ3) is 4.08. The summed E-state index contributed by atoms with van der Waals surface area (Å²) in [6.07, 6.45) is 0. The summed E-state index contributed by atoms with van der Waals surface area (Å²) in [5, 5.41) is 18.4. The molecule has 6 rings (SSSR count). The van der Waals surface area contributed by atoms with Crippen molar-refractivity contribution in [3.05, 3.63) is 118 Å². The lowest BCUT2D eigenvalue weighted by atomic mass is 10.1. The second kappa shape index (κ2) is 9.27. The van der Waals surface area contributed by atoms with Crippen molar-refractivity contribution >= 4 is 46.9 Å². The number of hydrogen-bond acceptors (Lipinski definition) is 7. The summed E-state index contributed by atoms with van der Waals surface area (Å²) in [4.78, 5) is 75.8. The second-order valence-corrected chi connectivity index (χ2v) is 9.11. The summed E-state index contributed by atoms with van der Waals surface area (Å²) in [5.41, 5.74) is 0.585. The molecule has 0 atom stereocenters. The summed E-state index contributed by atoms with van der Waals surface area (Å²) in [6.45, 7) is 0. The van der Waals surface area contributed by atoms with Crippen LogP contribution in [0.5, 0.6) is 11.5 Å². The van der Waals surface area contributed by atoms with Gasteiger partial charge in [0.1, 0.15) is 11.5 Å². The van der Waals surface area contributed by atoms with Crippen LogP contribution in [0.1, 0.15) is 62.1 Å². The Morgan fingerprint density at radius 2 is 0.829 bits per heavy atom. The summed E-state index contributed by atoms with van der Waals surface area (Å²) in [7, 11) is 0. The number of carbonyl (C=O) groups excluding carboxylic acids is 4. The molecule has 0 fully saturated rings. The van der Waals surface area contributed by atoms with Gasteiger partial charge in [0.05, 0.1) is 44.8 Å². The number of fused-ring (bicyclic) bond motifs is 2. The number of nitrogens with zero attached hydrogens (tertiary/aromatic N) is 2. The molecule has 0 aliphatic carbocycles. The van der Waals surface area contributed by atoms with Gasteiger partial charge in [-0.05, 0) is 84.9 Å². The zero-order valence-corrected chi connectivity index (χ0v) is 20.7. The highest BCUT2D eigenvalue weighted by atomic mass is 16.5. The van der Waals surface area contributed by atoms with Crippen LogP contribution in [0.25, 0.3) is 0 Å². The van der Waals surface area contributed by atoms with Crippen LogP contribution >= 0.6 is 0 Å². The van der Waals surface area contributed by atoms with E-state index in [1.807, 2.05) is 0 Å². The Labute approximate surface area is 230 Å². The molecule has 4 aromatic rings. The molecule has 0 bridgehead atoms. The minimum atomic E-state index is -1.21. The predicted octanol–water partition coefficient (Wildman–Crippen LogP) is 4.48. The van der Waals surface area contributed by atoms with Crippen molar-refractivity contribution in [3.63, 3.8) is 0 Å². The van der Waals surface area contributed by atoms with E-state index in [1.54, 1.807) is 24.3 Å². The van der Waals surface area contributed by atoms with E-state index in [9.17, 15) is 39.0 Å². The van der Waals surface area contributed by atoms with E-state index >= 15 is 0 Å². The van der Waals surface area contributed by atoms with Crippen LogP contribution in [0, 0.1) is 0 Å². The van der Waals surface area contributed by atoms with E-state index in [0.29, 0.717) is 11.5 Å². The maximum atomic E-state index is 12.9. The van der Waals surface area contributed by atoms with Crippen molar-refractivity contribution in [2.45, 2.75) is 0 Å². The zero-order chi connectivity index (χ0) is 29.0. The number of rotatable bonds is 6. The Hall–Kier alpha value is -6.10. The molecule has 0 saturated carbocycles.